The van der Waals surface area contributed by atoms with E-state index in [4.69, 9.17) is 17.3 Å². The Morgan fingerprint density at radius 2 is 1.81 bits per heavy atom. The number of hydrogen-bond acceptors (Lipinski definition) is 3. The first-order valence-electron chi connectivity index (χ1n) is 10.8. The molecule has 0 aromatic heterocycles. The van der Waals surface area contributed by atoms with Gasteiger partial charge in [0.15, 0.2) is 0 Å². The van der Waals surface area contributed by atoms with Crippen LogP contribution in [0, 0.1) is 5.92 Å². The normalized spacial score (nSPS) is 16.8. The molecule has 6 nitrogen and oxygen atoms in total. The van der Waals surface area contributed by atoms with Gasteiger partial charge in [-0.05, 0) is 55.2 Å². The van der Waals surface area contributed by atoms with Crippen molar-refractivity contribution >= 4 is 33.3 Å². The Balaban J connectivity index is 1.62. The first kappa shape index (κ1) is 23.6. The van der Waals surface area contributed by atoms with Crippen molar-refractivity contribution in [3.63, 3.8) is 0 Å². The monoisotopic (exact) mass is 462 g/mol. The highest BCUT2D eigenvalue weighted by atomic mass is 35.5. The summed E-state index contributed by atoms with van der Waals surface area (Å²) in [7, 11) is -3.93. The van der Waals surface area contributed by atoms with Crippen LogP contribution in [0.1, 0.15) is 51.0 Å². The van der Waals surface area contributed by atoms with Crippen LogP contribution in [0.25, 0.3) is 0 Å². The van der Waals surface area contributed by atoms with E-state index >= 15 is 0 Å². The molecule has 8 heteroatoms. The highest BCUT2D eigenvalue weighted by Gasteiger charge is 2.17. The van der Waals surface area contributed by atoms with Crippen molar-refractivity contribution in [2.75, 3.05) is 5.32 Å². The highest BCUT2D eigenvalue weighted by Crippen LogP contribution is 2.27. The quantitative estimate of drug-likeness (QED) is 0.382. The minimum absolute atomic E-state index is 0.0353. The van der Waals surface area contributed by atoms with Crippen LogP contribution in [-0.4, -0.2) is 20.4 Å². The van der Waals surface area contributed by atoms with Gasteiger partial charge in [0.1, 0.15) is 0 Å². The lowest BCUT2D eigenvalue weighted by molar-refractivity contribution is 0.305. The number of sulfonamides is 1. The summed E-state index contributed by atoms with van der Waals surface area (Å²) in [5.41, 5.74) is 7.65. The van der Waals surface area contributed by atoms with Crippen LogP contribution in [0.15, 0.2) is 57.8 Å². The van der Waals surface area contributed by atoms with Crippen molar-refractivity contribution in [3.05, 3.63) is 59.1 Å². The summed E-state index contributed by atoms with van der Waals surface area (Å²) in [6.45, 7) is 2.88. The van der Waals surface area contributed by atoms with E-state index in [9.17, 15) is 8.42 Å². The van der Waals surface area contributed by atoms with Crippen LogP contribution in [0.4, 0.5) is 5.69 Å². The summed E-state index contributed by atoms with van der Waals surface area (Å²) in [4.78, 5) is 0.0353. The standard InChI is InChI=1S/C23H31ClN4O2S/c1-17(15-18-7-3-2-4-8-18)26-16-19-9-5-6-10-22(19)27-23(25)28-31(29,30)21-13-11-20(24)12-14-21/h5-6,9-14,17-18,26H,2-4,7-8,15-16H2,1H3,(H3,25,27,28). The summed E-state index contributed by atoms with van der Waals surface area (Å²) in [5, 5.41) is 6.98. The SMILES string of the molecule is CC(CC1CCCCC1)NCc1ccccc1N/C(N)=N/S(=O)(=O)c1ccc(Cl)cc1. The van der Waals surface area contributed by atoms with E-state index in [1.165, 1.54) is 62.8 Å². The molecule has 0 radical (unpaired) electrons. The molecule has 3 rings (SSSR count). The molecule has 0 aliphatic heterocycles. The van der Waals surface area contributed by atoms with Crippen LogP contribution in [-0.2, 0) is 16.6 Å². The summed E-state index contributed by atoms with van der Waals surface area (Å²) >= 11 is 5.82. The van der Waals surface area contributed by atoms with Crippen LogP contribution in [0.2, 0.25) is 5.02 Å². The predicted molar refractivity (Wildman–Crippen MR) is 128 cm³/mol. The molecule has 0 spiro atoms. The molecule has 0 amide bonds. The molecule has 2 aromatic carbocycles. The number of rotatable bonds is 8. The Bertz CT molecular complexity index is 987. The number of halogens is 1. The van der Waals surface area contributed by atoms with E-state index in [-0.39, 0.29) is 10.9 Å². The molecular formula is C23H31ClN4O2S. The second kappa shape index (κ2) is 11.0. The van der Waals surface area contributed by atoms with Crippen molar-refractivity contribution < 1.29 is 8.42 Å². The smallest absolute Gasteiger partial charge is 0.285 e. The maximum atomic E-state index is 12.5. The van der Waals surface area contributed by atoms with Crippen LogP contribution < -0.4 is 16.4 Å². The molecule has 1 atom stereocenters. The predicted octanol–water partition coefficient (Wildman–Crippen LogP) is 4.90. The summed E-state index contributed by atoms with van der Waals surface area (Å²) < 4.78 is 28.7. The van der Waals surface area contributed by atoms with E-state index in [2.05, 4.69) is 22.0 Å². The second-order valence-corrected chi connectivity index (χ2v) is 10.2. The average molecular weight is 463 g/mol. The fourth-order valence-electron chi connectivity index (χ4n) is 4.04. The van der Waals surface area contributed by atoms with Gasteiger partial charge in [-0.25, -0.2) is 0 Å². The van der Waals surface area contributed by atoms with Crippen LogP contribution >= 0.6 is 11.6 Å². The van der Waals surface area contributed by atoms with E-state index in [0.717, 1.165) is 17.2 Å². The van der Waals surface area contributed by atoms with Gasteiger partial charge in [-0.1, -0.05) is 61.9 Å². The fourth-order valence-corrected chi connectivity index (χ4v) is 5.05. The van der Waals surface area contributed by atoms with Gasteiger partial charge in [0.2, 0.25) is 5.96 Å². The first-order valence-corrected chi connectivity index (χ1v) is 12.6. The molecular weight excluding hydrogens is 432 g/mol. The Kier molecular flexibility index (Phi) is 8.35. The van der Waals surface area contributed by atoms with Crippen molar-refractivity contribution in [1.82, 2.24) is 5.32 Å². The van der Waals surface area contributed by atoms with E-state index in [1.807, 2.05) is 24.3 Å². The van der Waals surface area contributed by atoms with Gasteiger partial charge in [0, 0.05) is 23.3 Å². The summed E-state index contributed by atoms with van der Waals surface area (Å²) in [6.07, 6.45) is 7.91. The Morgan fingerprint density at radius 1 is 1.13 bits per heavy atom. The molecule has 0 heterocycles. The van der Waals surface area contributed by atoms with Crippen molar-refractivity contribution in [2.45, 2.75) is 62.9 Å². The number of guanidine groups is 1. The zero-order valence-corrected chi connectivity index (χ0v) is 19.4. The molecule has 1 fully saturated rings. The molecule has 31 heavy (non-hydrogen) atoms. The molecule has 2 aromatic rings. The maximum Gasteiger partial charge on any atom is 0.285 e. The zero-order chi connectivity index (χ0) is 22.3. The number of nitrogens with one attached hydrogen (secondary N) is 2. The molecule has 1 aliphatic carbocycles. The third-order valence-corrected chi connectivity index (χ3v) is 7.22. The average Bonchev–Trinajstić information content (AvgIpc) is 2.74. The van der Waals surface area contributed by atoms with Gasteiger partial charge in [-0.15, -0.1) is 4.40 Å². The molecule has 168 valence electrons. The number of para-hydroxylation sites is 1. The third-order valence-electron chi connectivity index (χ3n) is 5.66. The van der Waals surface area contributed by atoms with Gasteiger partial charge in [0.05, 0.1) is 4.90 Å². The van der Waals surface area contributed by atoms with Crippen molar-refractivity contribution in [3.8, 4) is 0 Å². The fraction of sp³-hybridized carbons (Fsp3) is 0.435. The third kappa shape index (κ3) is 7.23. The lowest BCUT2D eigenvalue weighted by atomic mass is 9.85. The lowest BCUT2D eigenvalue weighted by Gasteiger charge is -2.25. The van der Waals surface area contributed by atoms with Gasteiger partial charge in [-0.3, -0.25) is 0 Å². The van der Waals surface area contributed by atoms with Crippen LogP contribution in [0.3, 0.4) is 0 Å². The maximum absolute atomic E-state index is 12.5. The zero-order valence-electron chi connectivity index (χ0n) is 17.9. The molecule has 1 unspecified atom stereocenters. The molecule has 1 aliphatic rings. The Hall–Kier alpha value is -2.09. The van der Waals surface area contributed by atoms with Gasteiger partial charge < -0.3 is 16.4 Å². The first-order chi connectivity index (χ1) is 14.8. The van der Waals surface area contributed by atoms with E-state index in [1.54, 1.807) is 0 Å². The highest BCUT2D eigenvalue weighted by molar-refractivity contribution is 7.90. The second-order valence-electron chi connectivity index (χ2n) is 8.21. The Labute approximate surface area is 190 Å². The largest absolute Gasteiger partial charge is 0.369 e. The molecule has 0 saturated heterocycles. The van der Waals surface area contributed by atoms with Crippen molar-refractivity contribution in [2.24, 2.45) is 16.0 Å². The van der Waals surface area contributed by atoms with Crippen molar-refractivity contribution in [1.29, 1.82) is 0 Å². The number of nitrogens with two attached hydrogens (primary N) is 1. The molecule has 0 bridgehead atoms. The molecule has 4 N–H and O–H groups in total. The minimum atomic E-state index is -3.93. The minimum Gasteiger partial charge on any atom is -0.369 e. The summed E-state index contributed by atoms with van der Waals surface area (Å²) in [5.74, 6) is 0.628. The van der Waals surface area contributed by atoms with Gasteiger partial charge in [-0.2, -0.15) is 8.42 Å². The number of benzene rings is 2. The number of anilines is 1. The Morgan fingerprint density at radius 3 is 2.52 bits per heavy atom. The summed E-state index contributed by atoms with van der Waals surface area (Å²) in [6, 6.07) is 13.9. The number of hydrogen-bond donors (Lipinski definition) is 3. The number of nitrogens with zero attached hydrogens (tertiary/aromatic N) is 1. The topological polar surface area (TPSA) is 96.6 Å². The molecule has 1 saturated carbocycles. The lowest BCUT2D eigenvalue weighted by Crippen LogP contribution is -2.29. The van der Waals surface area contributed by atoms with E-state index < -0.39 is 10.0 Å². The van der Waals surface area contributed by atoms with Gasteiger partial charge in [0.25, 0.3) is 10.0 Å². The van der Waals surface area contributed by atoms with E-state index in [0.29, 0.717) is 17.6 Å². The van der Waals surface area contributed by atoms with Crippen LogP contribution in [0.5, 0.6) is 0 Å². The van der Waals surface area contributed by atoms with Gasteiger partial charge >= 0.3 is 0 Å².